The van der Waals surface area contributed by atoms with E-state index in [1.165, 1.54) is 6.42 Å². The molecule has 3 heterocycles. The summed E-state index contributed by atoms with van der Waals surface area (Å²) < 4.78 is 7.23. The van der Waals surface area contributed by atoms with E-state index in [2.05, 4.69) is 15.0 Å². The highest BCUT2D eigenvalue weighted by molar-refractivity contribution is 5.74. The smallest absolute Gasteiger partial charge is 0.327 e. The molecule has 2 fully saturated rings. The summed E-state index contributed by atoms with van der Waals surface area (Å²) in [5.41, 5.74) is 2.60. The predicted octanol–water partition coefficient (Wildman–Crippen LogP) is 2.05. The summed E-state index contributed by atoms with van der Waals surface area (Å²) in [5.74, 6) is 1.24. The Kier molecular flexibility index (Phi) is 3.06. The third-order valence-electron chi connectivity index (χ3n) is 4.76. The van der Waals surface area contributed by atoms with E-state index in [1.807, 2.05) is 11.5 Å². The lowest BCUT2D eigenvalue weighted by Crippen LogP contribution is -2.27. The van der Waals surface area contributed by atoms with Gasteiger partial charge in [-0.15, -0.1) is 0 Å². The Balaban J connectivity index is 1.89. The van der Waals surface area contributed by atoms with Gasteiger partial charge in [0.15, 0.2) is 5.65 Å². The second-order valence-electron chi connectivity index (χ2n) is 6.13. The van der Waals surface area contributed by atoms with Crippen LogP contribution >= 0.6 is 0 Å². The van der Waals surface area contributed by atoms with E-state index >= 15 is 0 Å². The number of H-pyrrole nitrogens is 1. The van der Waals surface area contributed by atoms with Gasteiger partial charge in [0.1, 0.15) is 11.3 Å². The molecule has 0 spiro atoms. The van der Waals surface area contributed by atoms with E-state index in [4.69, 9.17) is 4.74 Å². The first-order valence-corrected chi connectivity index (χ1v) is 7.80. The number of ether oxygens (including phenoxy) is 1. The van der Waals surface area contributed by atoms with Gasteiger partial charge in [-0.2, -0.15) is 0 Å². The molecule has 2 aromatic rings. The predicted molar refractivity (Wildman–Crippen MR) is 78.6 cm³/mol. The molecule has 0 bridgehead atoms. The standard InChI is InChI=1S/C15H20N4O2/c1-9-16-12(10-3-2-4-10)13-14(17-9)19(15(20)18-13)11-5-7-21-8-6-11/h10-11H,2-8H2,1H3,(H,18,20). The van der Waals surface area contributed by atoms with Crippen molar-refractivity contribution in [2.45, 2.75) is 51.0 Å². The number of nitrogens with one attached hydrogen (secondary N) is 1. The summed E-state index contributed by atoms with van der Waals surface area (Å²) in [6.07, 6.45) is 5.32. The van der Waals surface area contributed by atoms with Crippen LogP contribution in [0, 0.1) is 6.92 Å². The maximum absolute atomic E-state index is 12.4. The fourth-order valence-electron chi connectivity index (χ4n) is 3.40. The number of aromatic nitrogens is 4. The molecule has 0 amide bonds. The minimum Gasteiger partial charge on any atom is -0.381 e. The summed E-state index contributed by atoms with van der Waals surface area (Å²) in [4.78, 5) is 24.6. The Bertz CT molecular complexity index is 723. The highest BCUT2D eigenvalue weighted by Gasteiger charge is 2.28. The summed E-state index contributed by atoms with van der Waals surface area (Å²) in [6, 6.07) is 0.184. The van der Waals surface area contributed by atoms with Gasteiger partial charge in [0, 0.05) is 25.2 Å². The molecule has 0 unspecified atom stereocenters. The van der Waals surface area contributed by atoms with Crippen molar-refractivity contribution in [1.29, 1.82) is 0 Å². The number of rotatable bonds is 2. The molecule has 1 aliphatic carbocycles. The molecule has 2 aliphatic rings. The molecule has 2 aromatic heterocycles. The van der Waals surface area contributed by atoms with Crippen LogP contribution in [0.4, 0.5) is 0 Å². The largest absolute Gasteiger partial charge is 0.381 e. The van der Waals surface area contributed by atoms with Crippen LogP contribution in [0.15, 0.2) is 4.79 Å². The summed E-state index contributed by atoms with van der Waals surface area (Å²) in [6.45, 7) is 3.33. The molecular weight excluding hydrogens is 268 g/mol. The maximum Gasteiger partial charge on any atom is 0.327 e. The number of hydrogen-bond donors (Lipinski definition) is 1. The molecule has 1 aliphatic heterocycles. The van der Waals surface area contributed by atoms with Crippen LogP contribution in [0.1, 0.15) is 55.6 Å². The first kappa shape index (κ1) is 13.0. The second kappa shape index (κ2) is 4.94. The molecule has 1 saturated heterocycles. The molecule has 21 heavy (non-hydrogen) atoms. The van der Waals surface area contributed by atoms with Crippen LogP contribution in [0.25, 0.3) is 11.2 Å². The van der Waals surface area contributed by atoms with Gasteiger partial charge in [-0.3, -0.25) is 4.57 Å². The van der Waals surface area contributed by atoms with E-state index in [-0.39, 0.29) is 11.7 Å². The molecule has 4 rings (SSSR count). The van der Waals surface area contributed by atoms with Crippen molar-refractivity contribution in [3.05, 3.63) is 22.0 Å². The van der Waals surface area contributed by atoms with Gasteiger partial charge in [0.05, 0.1) is 5.69 Å². The van der Waals surface area contributed by atoms with Crippen molar-refractivity contribution in [2.24, 2.45) is 0 Å². The van der Waals surface area contributed by atoms with E-state index in [0.29, 0.717) is 19.1 Å². The zero-order chi connectivity index (χ0) is 14.4. The van der Waals surface area contributed by atoms with E-state index in [1.54, 1.807) is 0 Å². The average molecular weight is 288 g/mol. The fourth-order valence-corrected chi connectivity index (χ4v) is 3.40. The summed E-state index contributed by atoms with van der Waals surface area (Å²) in [5, 5.41) is 0. The minimum absolute atomic E-state index is 0.0580. The monoisotopic (exact) mass is 288 g/mol. The molecule has 0 atom stereocenters. The van der Waals surface area contributed by atoms with E-state index in [0.717, 1.165) is 48.4 Å². The van der Waals surface area contributed by atoms with Crippen LogP contribution in [0.3, 0.4) is 0 Å². The van der Waals surface area contributed by atoms with Crippen molar-refractivity contribution in [1.82, 2.24) is 19.5 Å². The Morgan fingerprint density at radius 3 is 2.62 bits per heavy atom. The molecule has 6 heteroatoms. The SMILES string of the molecule is Cc1nc(C2CCC2)c2[nH]c(=O)n(C3CCOCC3)c2n1. The Hall–Kier alpha value is -1.69. The molecule has 1 N–H and O–H groups in total. The minimum atomic E-state index is -0.0580. The van der Waals surface area contributed by atoms with Gasteiger partial charge in [-0.1, -0.05) is 6.42 Å². The normalized spacial score (nSPS) is 20.8. The molecular formula is C15H20N4O2. The first-order chi connectivity index (χ1) is 10.2. The number of nitrogens with zero attached hydrogens (tertiary/aromatic N) is 3. The third kappa shape index (κ3) is 2.09. The molecule has 6 nitrogen and oxygen atoms in total. The van der Waals surface area contributed by atoms with E-state index < -0.39 is 0 Å². The third-order valence-corrected chi connectivity index (χ3v) is 4.76. The van der Waals surface area contributed by atoms with Gasteiger partial charge in [-0.05, 0) is 32.6 Å². The van der Waals surface area contributed by atoms with Gasteiger partial charge < -0.3 is 9.72 Å². The van der Waals surface area contributed by atoms with Crippen molar-refractivity contribution in [2.75, 3.05) is 13.2 Å². The van der Waals surface area contributed by atoms with E-state index in [9.17, 15) is 4.79 Å². The lowest BCUT2D eigenvalue weighted by atomic mass is 9.82. The highest BCUT2D eigenvalue weighted by Crippen LogP contribution is 2.38. The fraction of sp³-hybridized carbons (Fsp3) is 0.667. The van der Waals surface area contributed by atoms with Gasteiger partial charge in [0.25, 0.3) is 0 Å². The number of aromatic amines is 1. The van der Waals surface area contributed by atoms with Crippen LogP contribution < -0.4 is 5.69 Å². The Labute approximate surface area is 122 Å². The first-order valence-electron chi connectivity index (χ1n) is 7.80. The van der Waals surface area contributed by atoms with Crippen molar-refractivity contribution in [3.8, 4) is 0 Å². The second-order valence-corrected chi connectivity index (χ2v) is 6.13. The Morgan fingerprint density at radius 1 is 1.19 bits per heavy atom. The van der Waals surface area contributed by atoms with Crippen molar-refractivity contribution >= 4 is 11.2 Å². The van der Waals surface area contributed by atoms with Gasteiger partial charge >= 0.3 is 5.69 Å². The Morgan fingerprint density at radius 2 is 1.95 bits per heavy atom. The topological polar surface area (TPSA) is 72.8 Å². The molecule has 0 radical (unpaired) electrons. The zero-order valence-electron chi connectivity index (χ0n) is 12.3. The van der Waals surface area contributed by atoms with Crippen LogP contribution in [0.5, 0.6) is 0 Å². The number of imidazole rings is 1. The summed E-state index contributed by atoms with van der Waals surface area (Å²) in [7, 11) is 0. The highest BCUT2D eigenvalue weighted by atomic mass is 16.5. The average Bonchev–Trinajstić information content (AvgIpc) is 2.74. The number of hydrogen-bond acceptors (Lipinski definition) is 4. The lowest BCUT2D eigenvalue weighted by molar-refractivity contribution is 0.0697. The zero-order valence-corrected chi connectivity index (χ0v) is 12.3. The molecule has 0 aromatic carbocycles. The lowest BCUT2D eigenvalue weighted by Gasteiger charge is -2.25. The van der Waals surface area contributed by atoms with Crippen molar-refractivity contribution < 1.29 is 4.74 Å². The number of aryl methyl sites for hydroxylation is 1. The summed E-state index contributed by atoms with van der Waals surface area (Å²) >= 11 is 0. The van der Waals surface area contributed by atoms with Crippen LogP contribution in [-0.2, 0) is 4.74 Å². The number of fused-ring (bicyclic) bond motifs is 1. The molecule has 1 saturated carbocycles. The molecule has 112 valence electrons. The van der Waals surface area contributed by atoms with Gasteiger partial charge in [-0.25, -0.2) is 14.8 Å². The maximum atomic E-state index is 12.4. The van der Waals surface area contributed by atoms with Gasteiger partial charge in [0.2, 0.25) is 0 Å². The van der Waals surface area contributed by atoms with Crippen LogP contribution in [-0.4, -0.2) is 32.7 Å². The van der Waals surface area contributed by atoms with Crippen LogP contribution in [0.2, 0.25) is 0 Å². The van der Waals surface area contributed by atoms with Crippen molar-refractivity contribution in [3.63, 3.8) is 0 Å². The quantitative estimate of drug-likeness (QED) is 0.918.